The van der Waals surface area contributed by atoms with Crippen LogP contribution in [0.5, 0.6) is 11.5 Å². The number of methoxy groups -OCH3 is 2. The lowest BCUT2D eigenvalue weighted by atomic mass is 9.98. The Balaban J connectivity index is 1.75. The maximum atomic E-state index is 5.46. The highest BCUT2D eigenvalue weighted by atomic mass is 16.5. The van der Waals surface area contributed by atoms with Gasteiger partial charge in [0.25, 0.3) is 0 Å². The number of hydrogen-bond acceptors (Lipinski definition) is 5. The van der Waals surface area contributed by atoms with Crippen LogP contribution in [0.15, 0.2) is 36.4 Å². The average molecular weight is 335 g/mol. The highest BCUT2D eigenvalue weighted by Crippen LogP contribution is 2.35. The second-order valence-electron chi connectivity index (χ2n) is 6.30. The Morgan fingerprint density at radius 1 is 0.920 bits per heavy atom. The Morgan fingerprint density at radius 3 is 2.32 bits per heavy atom. The molecular formula is C20H21N3O2. The molecule has 1 aromatic heterocycles. The first-order valence-electron chi connectivity index (χ1n) is 8.42. The maximum Gasteiger partial charge on any atom is 0.161 e. The molecule has 0 bridgehead atoms. The van der Waals surface area contributed by atoms with Gasteiger partial charge in [0.1, 0.15) is 0 Å². The summed E-state index contributed by atoms with van der Waals surface area (Å²) in [5.41, 5.74) is 3.51. The highest BCUT2D eigenvalue weighted by molar-refractivity contribution is 5.93. The molecule has 128 valence electrons. The Bertz CT molecular complexity index is 940. The molecule has 2 aromatic carbocycles. The Kier molecular flexibility index (Phi) is 3.92. The first-order valence-corrected chi connectivity index (χ1v) is 8.42. The summed E-state index contributed by atoms with van der Waals surface area (Å²) in [6.07, 6.45) is 0.944. The van der Waals surface area contributed by atoms with E-state index in [1.54, 1.807) is 14.2 Å². The van der Waals surface area contributed by atoms with Gasteiger partial charge in [-0.15, -0.1) is 5.10 Å². The van der Waals surface area contributed by atoms with Crippen molar-refractivity contribution in [3.8, 4) is 11.5 Å². The zero-order chi connectivity index (χ0) is 17.4. The fraction of sp³-hybridized carbons (Fsp3) is 0.300. The van der Waals surface area contributed by atoms with Crippen molar-refractivity contribution >= 4 is 16.6 Å². The van der Waals surface area contributed by atoms with Crippen LogP contribution in [0.2, 0.25) is 0 Å². The maximum absolute atomic E-state index is 5.46. The van der Waals surface area contributed by atoms with Gasteiger partial charge in [0.2, 0.25) is 0 Å². The predicted octanol–water partition coefficient (Wildman–Crippen LogP) is 3.52. The van der Waals surface area contributed by atoms with Crippen LogP contribution in [-0.2, 0) is 13.0 Å². The number of hydrogen-bond donors (Lipinski definition) is 0. The molecule has 25 heavy (non-hydrogen) atoms. The third kappa shape index (κ3) is 2.65. The van der Waals surface area contributed by atoms with Crippen LogP contribution < -0.4 is 14.4 Å². The van der Waals surface area contributed by atoms with E-state index in [4.69, 9.17) is 9.47 Å². The molecule has 1 aliphatic heterocycles. The summed E-state index contributed by atoms with van der Waals surface area (Å²) in [4.78, 5) is 2.29. The molecule has 5 nitrogen and oxygen atoms in total. The molecule has 0 atom stereocenters. The van der Waals surface area contributed by atoms with E-state index in [9.17, 15) is 0 Å². The van der Waals surface area contributed by atoms with E-state index in [1.807, 2.05) is 13.0 Å². The number of ether oxygens (including phenoxy) is 2. The number of benzene rings is 2. The fourth-order valence-electron chi connectivity index (χ4n) is 3.52. The summed E-state index contributed by atoms with van der Waals surface area (Å²) in [6, 6.07) is 12.5. The SMILES string of the molecule is COc1cc2c(cc1OC)CN(c1nnc(C)c3ccccc13)CC2. The van der Waals surface area contributed by atoms with Gasteiger partial charge >= 0.3 is 0 Å². The molecule has 1 aliphatic rings. The van der Waals surface area contributed by atoms with Crippen LogP contribution >= 0.6 is 0 Å². The summed E-state index contributed by atoms with van der Waals surface area (Å²) >= 11 is 0. The minimum absolute atomic E-state index is 0.767. The normalized spacial score (nSPS) is 13.6. The second kappa shape index (κ2) is 6.24. The van der Waals surface area contributed by atoms with Crippen LogP contribution in [0.25, 0.3) is 10.8 Å². The Morgan fingerprint density at radius 2 is 1.60 bits per heavy atom. The van der Waals surface area contributed by atoms with E-state index in [0.717, 1.165) is 53.3 Å². The lowest BCUT2D eigenvalue weighted by Gasteiger charge is -2.31. The molecule has 0 spiro atoms. The lowest BCUT2D eigenvalue weighted by molar-refractivity contribution is 0.353. The lowest BCUT2D eigenvalue weighted by Crippen LogP contribution is -2.31. The van der Waals surface area contributed by atoms with Gasteiger partial charge in [-0.1, -0.05) is 24.3 Å². The van der Waals surface area contributed by atoms with Gasteiger partial charge in [0, 0.05) is 23.9 Å². The van der Waals surface area contributed by atoms with Gasteiger partial charge in [-0.2, -0.15) is 5.10 Å². The quantitative estimate of drug-likeness (QED) is 0.733. The fourth-order valence-corrected chi connectivity index (χ4v) is 3.52. The minimum atomic E-state index is 0.767. The molecule has 3 aromatic rings. The average Bonchev–Trinajstić information content (AvgIpc) is 2.67. The van der Waals surface area contributed by atoms with Crippen molar-refractivity contribution in [2.24, 2.45) is 0 Å². The van der Waals surface area contributed by atoms with E-state index < -0.39 is 0 Å². The van der Waals surface area contributed by atoms with Crippen LogP contribution in [0.1, 0.15) is 16.8 Å². The number of rotatable bonds is 3. The van der Waals surface area contributed by atoms with Gasteiger partial charge in [-0.3, -0.25) is 0 Å². The van der Waals surface area contributed by atoms with E-state index in [2.05, 4.69) is 45.4 Å². The molecule has 0 fully saturated rings. The second-order valence-corrected chi connectivity index (χ2v) is 6.30. The van der Waals surface area contributed by atoms with E-state index in [1.165, 1.54) is 11.1 Å². The van der Waals surface area contributed by atoms with E-state index in [-0.39, 0.29) is 0 Å². The molecule has 0 amide bonds. The molecule has 0 N–H and O–H groups in total. The van der Waals surface area contributed by atoms with Crippen LogP contribution in [0.4, 0.5) is 5.82 Å². The Hall–Kier alpha value is -2.82. The number of aromatic nitrogens is 2. The van der Waals surface area contributed by atoms with Crippen molar-refractivity contribution < 1.29 is 9.47 Å². The third-order valence-electron chi connectivity index (χ3n) is 4.87. The monoisotopic (exact) mass is 335 g/mol. The summed E-state index contributed by atoms with van der Waals surface area (Å²) in [6.45, 7) is 3.70. The van der Waals surface area contributed by atoms with Crippen molar-refractivity contribution in [3.63, 3.8) is 0 Å². The number of fused-ring (bicyclic) bond motifs is 2. The Labute approximate surface area is 147 Å². The zero-order valence-electron chi connectivity index (χ0n) is 14.7. The molecule has 0 aliphatic carbocycles. The number of aryl methyl sites for hydroxylation is 1. The van der Waals surface area contributed by atoms with Crippen molar-refractivity contribution in [2.75, 3.05) is 25.7 Å². The van der Waals surface area contributed by atoms with Crippen LogP contribution in [-0.4, -0.2) is 31.0 Å². The first kappa shape index (κ1) is 15.7. The van der Waals surface area contributed by atoms with Crippen molar-refractivity contribution in [1.82, 2.24) is 10.2 Å². The van der Waals surface area contributed by atoms with Gasteiger partial charge in [0.05, 0.1) is 19.9 Å². The minimum Gasteiger partial charge on any atom is -0.493 e. The van der Waals surface area contributed by atoms with Gasteiger partial charge < -0.3 is 14.4 Å². The smallest absolute Gasteiger partial charge is 0.161 e. The zero-order valence-corrected chi connectivity index (χ0v) is 14.7. The molecule has 0 unspecified atom stereocenters. The number of nitrogens with zero attached hydrogens (tertiary/aromatic N) is 3. The molecule has 0 radical (unpaired) electrons. The topological polar surface area (TPSA) is 47.5 Å². The summed E-state index contributed by atoms with van der Waals surface area (Å²) in [5, 5.41) is 11.2. The van der Waals surface area contributed by atoms with Crippen molar-refractivity contribution in [3.05, 3.63) is 53.2 Å². The largest absolute Gasteiger partial charge is 0.493 e. The first-order chi connectivity index (χ1) is 12.2. The van der Waals surface area contributed by atoms with Gasteiger partial charge in [0.15, 0.2) is 17.3 Å². The van der Waals surface area contributed by atoms with E-state index >= 15 is 0 Å². The molecular weight excluding hydrogens is 314 g/mol. The molecule has 0 saturated carbocycles. The van der Waals surface area contributed by atoms with Crippen molar-refractivity contribution in [2.45, 2.75) is 19.9 Å². The molecule has 0 saturated heterocycles. The highest BCUT2D eigenvalue weighted by Gasteiger charge is 2.22. The van der Waals surface area contributed by atoms with Crippen LogP contribution in [0, 0.1) is 6.92 Å². The van der Waals surface area contributed by atoms with Crippen molar-refractivity contribution in [1.29, 1.82) is 0 Å². The third-order valence-corrected chi connectivity index (χ3v) is 4.87. The summed E-state index contributed by atoms with van der Waals surface area (Å²) in [5.74, 6) is 2.50. The van der Waals surface area contributed by atoms with Gasteiger partial charge in [-0.05, 0) is 36.6 Å². The molecule has 5 heteroatoms. The van der Waals surface area contributed by atoms with Gasteiger partial charge in [-0.25, -0.2) is 0 Å². The molecule has 4 rings (SSSR count). The van der Waals surface area contributed by atoms with E-state index in [0.29, 0.717) is 0 Å². The summed E-state index contributed by atoms with van der Waals surface area (Å²) in [7, 11) is 3.34. The number of anilines is 1. The van der Waals surface area contributed by atoms with Crippen LogP contribution in [0.3, 0.4) is 0 Å². The standard InChI is InChI=1S/C20H21N3O2/c1-13-16-6-4-5-7-17(16)20(22-21-13)23-9-8-14-10-18(24-2)19(25-3)11-15(14)12-23/h4-7,10-11H,8-9,12H2,1-3H3. The molecule has 2 heterocycles. The predicted molar refractivity (Wildman–Crippen MR) is 98.6 cm³/mol. The summed E-state index contributed by atoms with van der Waals surface area (Å²) < 4.78 is 10.9.